The quantitative estimate of drug-likeness (QED) is 0.625. The number of benzene rings is 1. The van der Waals surface area contributed by atoms with Crippen LogP contribution < -0.4 is 9.47 Å². The van der Waals surface area contributed by atoms with E-state index < -0.39 is 4.92 Å². The molecule has 104 valence electrons. The highest BCUT2D eigenvalue weighted by molar-refractivity contribution is 9.10. The van der Waals surface area contributed by atoms with Crippen molar-refractivity contribution in [3.05, 3.63) is 50.6 Å². The van der Waals surface area contributed by atoms with Crippen molar-refractivity contribution in [3.8, 4) is 17.4 Å². The normalized spacial score (nSPS) is 10.2. The third-order valence-electron chi connectivity index (χ3n) is 2.61. The number of pyridine rings is 1. The number of nitrogens with zero attached hydrogens (tertiary/aromatic N) is 2. The molecule has 0 radical (unpaired) electrons. The van der Waals surface area contributed by atoms with Crippen LogP contribution in [0.1, 0.15) is 5.56 Å². The zero-order chi connectivity index (χ0) is 14.7. The van der Waals surface area contributed by atoms with E-state index in [0.717, 1.165) is 5.56 Å². The van der Waals surface area contributed by atoms with E-state index in [1.54, 1.807) is 12.3 Å². The maximum atomic E-state index is 11.0. The predicted octanol–water partition coefficient (Wildman–Crippen LogP) is 3.86. The molecular weight excluding hydrogens is 328 g/mol. The highest BCUT2D eigenvalue weighted by Crippen LogP contribution is 2.35. The van der Waals surface area contributed by atoms with Crippen molar-refractivity contribution < 1.29 is 14.4 Å². The number of halogens is 1. The molecule has 20 heavy (non-hydrogen) atoms. The smallest absolute Gasteiger partial charge is 0.314 e. The zero-order valence-corrected chi connectivity index (χ0v) is 12.4. The number of aryl methyl sites for hydroxylation is 1. The van der Waals surface area contributed by atoms with Gasteiger partial charge in [0.25, 0.3) is 0 Å². The maximum absolute atomic E-state index is 11.0. The molecule has 0 fully saturated rings. The molecule has 0 spiro atoms. The van der Waals surface area contributed by atoms with Gasteiger partial charge in [0.2, 0.25) is 5.88 Å². The SMILES string of the molecule is COc1ccc(Oc2nccc(C)c2Br)cc1[N+](=O)[O-]. The number of methoxy groups -OCH3 is 1. The first-order valence-electron chi connectivity index (χ1n) is 5.64. The number of ether oxygens (including phenoxy) is 2. The second kappa shape index (κ2) is 5.87. The van der Waals surface area contributed by atoms with E-state index in [0.29, 0.717) is 16.1 Å². The number of rotatable bonds is 4. The minimum atomic E-state index is -0.523. The summed E-state index contributed by atoms with van der Waals surface area (Å²) in [7, 11) is 1.38. The van der Waals surface area contributed by atoms with E-state index in [1.165, 1.54) is 19.2 Å². The monoisotopic (exact) mass is 338 g/mol. The van der Waals surface area contributed by atoms with Crippen molar-refractivity contribution >= 4 is 21.6 Å². The lowest BCUT2D eigenvalue weighted by Crippen LogP contribution is -1.95. The molecule has 0 aliphatic rings. The van der Waals surface area contributed by atoms with Crippen molar-refractivity contribution in [2.75, 3.05) is 7.11 Å². The van der Waals surface area contributed by atoms with Gasteiger partial charge in [0.05, 0.1) is 22.6 Å². The largest absolute Gasteiger partial charge is 0.490 e. The predicted molar refractivity (Wildman–Crippen MR) is 76.4 cm³/mol. The first-order chi connectivity index (χ1) is 9.52. The molecule has 0 amide bonds. The standard InChI is InChI=1S/C13H11BrN2O4/c1-8-5-6-15-13(12(8)14)20-9-3-4-11(19-2)10(7-9)16(17)18/h3-7H,1-2H3. The van der Waals surface area contributed by atoms with Gasteiger partial charge in [-0.25, -0.2) is 4.98 Å². The summed E-state index contributed by atoms with van der Waals surface area (Å²) in [5.74, 6) is 0.847. The molecular formula is C13H11BrN2O4. The molecule has 1 aromatic heterocycles. The molecule has 1 aromatic carbocycles. The van der Waals surface area contributed by atoms with Crippen molar-refractivity contribution in [2.45, 2.75) is 6.92 Å². The summed E-state index contributed by atoms with van der Waals surface area (Å²) in [4.78, 5) is 14.5. The molecule has 0 N–H and O–H groups in total. The molecule has 0 aliphatic carbocycles. The summed E-state index contributed by atoms with van der Waals surface area (Å²) in [6, 6.07) is 6.20. The van der Waals surface area contributed by atoms with Crippen molar-refractivity contribution in [3.63, 3.8) is 0 Å². The summed E-state index contributed by atoms with van der Waals surface area (Å²) in [5, 5.41) is 11.0. The summed E-state index contributed by atoms with van der Waals surface area (Å²) in [6.07, 6.45) is 1.60. The van der Waals surface area contributed by atoms with Gasteiger partial charge >= 0.3 is 5.69 Å². The Morgan fingerprint density at radius 1 is 1.35 bits per heavy atom. The van der Waals surface area contributed by atoms with Gasteiger partial charge in [-0.3, -0.25) is 10.1 Å². The zero-order valence-electron chi connectivity index (χ0n) is 10.8. The van der Waals surface area contributed by atoms with Gasteiger partial charge in [0.15, 0.2) is 5.75 Å². The van der Waals surface area contributed by atoms with Crippen LogP contribution in [0.4, 0.5) is 5.69 Å². The van der Waals surface area contributed by atoms with Crippen LogP contribution in [0.25, 0.3) is 0 Å². The van der Waals surface area contributed by atoms with E-state index in [1.807, 2.05) is 13.0 Å². The number of nitro benzene ring substituents is 1. The van der Waals surface area contributed by atoms with Crippen LogP contribution in [0.5, 0.6) is 17.4 Å². The minimum absolute atomic E-state index is 0.159. The van der Waals surface area contributed by atoms with Crippen LogP contribution in [-0.2, 0) is 0 Å². The topological polar surface area (TPSA) is 74.5 Å². The molecule has 2 aromatic rings. The molecule has 0 aliphatic heterocycles. The van der Waals surface area contributed by atoms with E-state index in [9.17, 15) is 10.1 Å². The minimum Gasteiger partial charge on any atom is -0.490 e. The average molecular weight is 339 g/mol. The second-order valence-corrected chi connectivity index (χ2v) is 4.73. The van der Waals surface area contributed by atoms with Crippen LogP contribution >= 0.6 is 15.9 Å². The second-order valence-electron chi connectivity index (χ2n) is 3.94. The van der Waals surface area contributed by atoms with Crippen molar-refractivity contribution in [1.29, 1.82) is 0 Å². The third kappa shape index (κ3) is 2.88. The summed E-state index contributed by atoms with van der Waals surface area (Å²) >= 11 is 3.37. The Morgan fingerprint density at radius 2 is 2.10 bits per heavy atom. The van der Waals surface area contributed by atoms with Gasteiger partial charge in [0, 0.05) is 6.20 Å². The third-order valence-corrected chi connectivity index (χ3v) is 3.58. The Labute approximate surface area is 123 Å². The lowest BCUT2D eigenvalue weighted by molar-refractivity contribution is -0.385. The van der Waals surface area contributed by atoms with Crippen LogP contribution in [0, 0.1) is 17.0 Å². The fraction of sp³-hybridized carbons (Fsp3) is 0.154. The van der Waals surface area contributed by atoms with Crippen LogP contribution in [0.2, 0.25) is 0 Å². The lowest BCUT2D eigenvalue weighted by atomic mass is 10.2. The Kier molecular flexibility index (Phi) is 4.19. The van der Waals surface area contributed by atoms with E-state index >= 15 is 0 Å². The molecule has 0 saturated carbocycles. The molecule has 1 heterocycles. The summed E-state index contributed by atoms with van der Waals surface area (Å²) in [5.41, 5.74) is 0.798. The van der Waals surface area contributed by atoms with E-state index in [2.05, 4.69) is 20.9 Å². The average Bonchev–Trinajstić information content (AvgIpc) is 2.43. The molecule has 0 atom stereocenters. The fourth-order valence-corrected chi connectivity index (χ4v) is 1.89. The number of nitro groups is 1. The molecule has 7 heteroatoms. The Hall–Kier alpha value is -2.15. The first kappa shape index (κ1) is 14.3. The van der Waals surface area contributed by atoms with Gasteiger partial charge < -0.3 is 9.47 Å². The molecule has 0 saturated heterocycles. The van der Waals surface area contributed by atoms with Gasteiger partial charge in [0.1, 0.15) is 5.75 Å². The Bertz CT molecular complexity index is 661. The number of hydrogen-bond acceptors (Lipinski definition) is 5. The first-order valence-corrected chi connectivity index (χ1v) is 6.43. The summed E-state index contributed by atoms with van der Waals surface area (Å²) in [6.45, 7) is 1.90. The van der Waals surface area contributed by atoms with Gasteiger partial charge in [-0.15, -0.1) is 0 Å². The molecule has 6 nitrogen and oxygen atoms in total. The summed E-state index contributed by atoms with van der Waals surface area (Å²) < 4.78 is 11.2. The van der Waals surface area contributed by atoms with E-state index in [-0.39, 0.29) is 11.4 Å². The van der Waals surface area contributed by atoms with Gasteiger partial charge in [-0.2, -0.15) is 0 Å². The van der Waals surface area contributed by atoms with E-state index in [4.69, 9.17) is 9.47 Å². The van der Waals surface area contributed by atoms with Crippen LogP contribution in [0.15, 0.2) is 34.9 Å². The molecule has 0 bridgehead atoms. The number of aromatic nitrogens is 1. The van der Waals surface area contributed by atoms with Crippen LogP contribution in [0.3, 0.4) is 0 Å². The maximum Gasteiger partial charge on any atom is 0.314 e. The lowest BCUT2D eigenvalue weighted by Gasteiger charge is -2.09. The molecule has 0 unspecified atom stereocenters. The van der Waals surface area contributed by atoms with Gasteiger partial charge in [-0.05, 0) is 46.6 Å². The molecule has 2 rings (SSSR count). The van der Waals surface area contributed by atoms with Crippen molar-refractivity contribution in [1.82, 2.24) is 4.98 Å². The highest BCUT2D eigenvalue weighted by atomic mass is 79.9. The Balaban J connectivity index is 2.37. The number of hydrogen-bond donors (Lipinski definition) is 0. The highest BCUT2D eigenvalue weighted by Gasteiger charge is 2.17. The van der Waals surface area contributed by atoms with Gasteiger partial charge in [-0.1, -0.05) is 0 Å². The van der Waals surface area contributed by atoms with Crippen LogP contribution in [-0.4, -0.2) is 17.0 Å². The fourth-order valence-electron chi connectivity index (χ4n) is 1.57. The van der Waals surface area contributed by atoms with Crippen molar-refractivity contribution in [2.24, 2.45) is 0 Å². The Morgan fingerprint density at radius 3 is 2.75 bits per heavy atom.